The van der Waals surface area contributed by atoms with Crippen molar-refractivity contribution in [3.05, 3.63) is 66.1 Å². The molecule has 2 aromatic carbocycles. The van der Waals surface area contributed by atoms with E-state index in [1.54, 1.807) is 24.3 Å². The van der Waals surface area contributed by atoms with Crippen LogP contribution in [-0.4, -0.2) is 97.9 Å². The smallest absolute Gasteiger partial charge is 0.296 e. The van der Waals surface area contributed by atoms with Crippen molar-refractivity contribution in [2.75, 3.05) is 53.6 Å². The van der Waals surface area contributed by atoms with Crippen molar-refractivity contribution < 1.29 is 39.8 Å². The number of aryl methyl sites for hydroxylation is 2. The Morgan fingerprint density at radius 1 is 0.800 bits per heavy atom. The van der Waals surface area contributed by atoms with Gasteiger partial charge in [-0.1, -0.05) is 35.4 Å². The van der Waals surface area contributed by atoms with Crippen molar-refractivity contribution in [1.82, 2.24) is 4.90 Å². The van der Waals surface area contributed by atoms with Gasteiger partial charge < -0.3 is 18.8 Å². The van der Waals surface area contributed by atoms with Crippen LogP contribution in [0.3, 0.4) is 0 Å². The van der Waals surface area contributed by atoms with Crippen LogP contribution in [0.15, 0.2) is 68.3 Å². The summed E-state index contributed by atoms with van der Waals surface area (Å²) in [6.45, 7) is 18.8. The first kappa shape index (κ1) is 42.0. The van der Waals surface area contributed by atoms with Crippen molar-refractivity contribution in [1.29, 1.82) is 0 Å². The SMILES string of the molecule is CC1=NCCO1.CC1=NCCO1.CC1OCCN1C.COS(=O)(=O)c1ccc(C)cc1.C[CH+]C.Cc1ccc(S(=O)(=O)[O-])cc1. The van der Waals surface area contributed by atoms with E-state index in [9.17, 15) is 21.4 Å². The molecule has 2 aromatic rings. The third-order valence-corrected chi connectivity index (χ3v) is 7.87. The van der Waals surface area contributed by atoms with Crippen LogP contribution in [0.25, 0.3) is 0 Å². The Bertz CT molecular complexity index is 1330. The molecule has 14 heteroatoms. The Morgan fingerprint density at radius 3 is 1.40 bits per heavy atom. The average molecular weight is 672 g/mol. The molecule has 0 aromatic heterocycles. The summed E-state index contributed by atoms with van der Waals surface area (Å²) in [7, 11) is -4.57. The molecule has 1 saturated heterocycles. The van der Waals surface area contributed by atoms with Gasteiger partial charge in [-0.25, -0.2) is 8.42 Å². The summed E-state index contributed by atoms with van der Waals surface area (Å²) in [5.41, 5.74) is 1.95. The highest BCUT2D eigenvalue weighted by molar-refractivity contribution is 7.86. The largest absolute Gasteiger partial charge is 0.744 e. The number of nitrogens with zero attached hydrogens (tertiary/aromatic N) is 3. The molecule has 0 aliphatic carbocycles. The second-order valence-electron chi connectivity index (χ2n) is 9.73. The van der Waals surface area contributed by atoms with Gasteiger partial charge in [0.15, 0.2) is 11.8 Å². The average Bonchev–Trinajstić information content (AvgIpc) is 3.75. The van der Waals surface area contributed by atoms with Gasteiger partial charge in [0.25, 0.3) is 10.1 Å². The molecular formula is C31H49N3O9S2. The summed E-state index contributed by atoms with van der Waals surface area (Å²) in [4.78, 5) is 10.1. The molecule has 0 spiro atoms. The fraction of sp³-hybridized carbons (Fsp3) is 0.516. The van der Waals surface area contributed by atoms with E-state index in [4.69, 9.17) is 14.2 Å². The lowest BCUT2D eigenvalue weighted by Crippen LogP contribution is -2.21. The van der Waals surface area contributed by atoms with Gasteiger partial charge in [0.2, 0.25) is 0 Å². The lowest BCUT2D eigenvalue weighted by atomic mass is 10.2. The normalized spacial score (nSPS) is 16.8. The maximum absolute atomic E-state index is 11.1. The number of hydrogen-bond donors (Lipinski definition) is 0. The first-order valence-electron chi connectivity index (χ1n) is 14.3. The summed E-state index contributed by atoms with van der Waals surface area (Å²) in [6, 6.07) is 12.3. The van der Waals surface area contributed by atoms with Crippen LogP contribution in [0.4, 0.5) is 0 Å². The maximum Gasteiger partial charge on any atom is 0.296 e. The molecule has 0 bridgehead atoms. The van der Waals surface area contributed by atoms with Crippen LogP contribution in [-0.2, 0) is 38.6 Å². The number of aliphatic imine (C=N–C) groups is 2. The molecule has 1 atom stereocenters. The minimum Gasteiger partial charge on any atom is -0.744 e. The van der Waals surface area contributed by atoms with Crippen LogP contribution in [0, 0.1) is 20.3 Å². The van der Waals surface area contributed by atoms with Crippen molar-refractivity contribution in [2.45, 2.75) is 64.5 Å². The molecule has 5 rings (SSSR count). The molecule has 3 aliphatic rings. The molecular weight excluding hydrogens is 622 g/mol. The highest BCUT2D eigenvalue weighted by Gasteiger charge is 2.14. The predicted molar refractivity (Wildman–Crippen MR) is 176 cm³/mol. The lowest BCUT2D eigenvalue weighted by molar-refractivity contribution is 0.0625. The van der Waals surface area contributed by atoms with Crippen molar-refractivity contribution in [2.24, 2.45) is 9.98 Å². The fourth-order valence-corrected chi connectivity index (χ4v) is 4.20. The van der Waals surface area contributed by atoms with Gasteiger partial charge in [-0.05, 0) is 52.1 Å². The molecule has 0 radical (unpaired) electrons. The van der Waals surface area contributed by atoms with E-state index in [0.29, 0.717) is 6.23 Å². The maximum atomic E-state index is 11.1. The third-order valence-electron chi connectivity index (χ3n) is 5.74. The van der Waals surface area contributed by atoms with Gasteiger partial charge in [0.1, 0.15) is 29.6 Å². The first-order chi connectivity index (χ1) is 21.1. The van der Waals surface area contributed by atoms with E-state index >= 15 is 0 Å². The zero-order chi connectivity index (χ0) is 34.5. The Morgan fingerprint density at radius 2 is 1.20 bits per heavy atom. The Labute approximate surface area is 270 Å². The lowest BCUT2D eigenvalue weighted by Gasteiger charge is -2.10. The molecule has 3 heterocycles. The van der Waals surface area contributed by atoms with Gasteiger partial charge in [0, 0.05) is 20.4 Å². The summed E-state index contributed by atoms with van der Waals surface area (Å²) < 4.78 is 72.7. The molecule has 12 nitrogen and oxygen atoms in total. The van der Waals surface area contributed by atoms with Gasteiger partial charge >= 0.3 is 0 Å². The topological polar surface area (TPSA) is 156 Å². The van der Waals surface area contributed by atoms with E-state index < -0.39 is 20.2 Å². The number of hydrogen-bond acceptors (Lipinski definition) is 12. The highest BCUT2D eigenvalue weighted by Crippen LogP contribution is 2.12. The predicted octanol–water partition coefficient (Wildman–Crippen LogP) is 4.62. The molecule has 0 N–H and O–H groups in total. The molecule has 254 valence electrons. The molecule has 45 heavy (non-hydrogen) atoms. The van der Waals surface area contributed by atoms with Crippen molar-refractivity contribution in [3.63, 3.8) is 0 Å². The van der Waals surface area contributed by atoms with E-state index in [0.717, 1.165) is 69.5 Å². The van der Waals surface area contributed by atoms with Crippen LogP contribution >= 0.6 is 0 Å². The first-order valence-corrected chi connectivity index (χ1v) is 17.1. The number of benzene rings is 2. The molecule has 0 amide bonds. The monoisotopic (exact) mass is 671 g/mol. The molecule has 0 saturated carbocycles. The summed E-state index contributed by atoms with van der Waals surface area (Å²) in [5, 5.41) is 0. The van der Waals surface area contributed by atoms with Crippen molar-refractivity contribution in [3.8, 4) is 0 Å². The van der Waals surface area contributed by atoms with Crippen molar-refractivity contribution >= 4 is 32.0 Å². The summed E-state index contributed by atoms with van der Waals surface area (Å²) in [5.74, 6) is 1.66. The highest BCUT2D eigenvalue weighted by atomic mass is 32.2. The standard InChI is InChI=1S/C8H10O3S.C7H8O3S.C5H11NO.2C4H7NO.C3H7/c1-7-3-5-8(6-4-7)12(9,10)11-2;1-6-2-4-7(5-3-6)11(8,9)10;1-5-6(2)3-4-7-5;2*1-4-5-2-3-6-4;1-3-2/h3-6H,1-2H3;2-5H,1H3,(H,8,9,10);5H,3-4H2,1-2H3;2*2-3H2,1H3;3H,1-2H3/q;;;;;+1/p-1. The van der Waals surface area contributed by atoms with Gasteiger partial charge in [-0.2, -0.15) is 8.42 Å². The zero-order valence-electron chi connectivity index (χ0n) is 27.8. The number of ether oxygens (including phenoxy) is 3. The Balaban J connectivity index is 0.000000540. The Hall–Kier alpha value is -3.01. The summed E-state index contributed by atoms with van der Waals surface area (Å²) in [6.07, 6.45) is 2.35. The number of rotatable bonds is 3. The quantitative estimate of drug-likeness (QED) is 0.256. The van der Waals surface area contributed by atoms with E-state index in [1.165, 1.54) is 24.3 Å². The van der Waals surface area contributed by atoms with Gasteiger partial charge in [-0.15, -0.1) is 0 Å². The third kappa shape index (κ3) is 19.9. The Kier molecular flexibility index (Phi) is 21.0. The molecule has 3 aliphatic heterocycles. The van der Waals surface area contributed by atoms with Crippen LogP contribution < -0.4 is 0 Å². The van der Waals surface area contributed by atoms with Crippen LogP contribution in [0.5, 0.6) is 0 Å². The zero-order valence-corrected chi connectivity index (χ0v) is 29.5. The summed E-state index contributed by atoms with van der Waals surface area (Å²) >= 11 is 0. The second-order valence-corrected chi connectivity index (χ2v) is 12.8. The van der Waals surface area contributed by atoms with E-state index in [1.807, 2.05) is 48.0 Å². The minimum absolute atomic E-state index is 0.178. The van der Waals surface area contributed by atoms with Gasteiger partial charge in [0.05, 0.1) is 56.9 Å². The second kappa shape index (κ2) is 22.5. The van der Waals surface area contributed by atoms with E-state index in [-0.39, 0.29) is 9.79 Å². The van der Waals surface area contributed by atoms with Crippen LogP contribution in [0.2, 0.25) is 0 Å². The number of likely N-dealkylation sites (N-methyl/N-ethyl adjacent to an activating group) is 1. The van der Waals surface area contributed by atoms with Gasteiger partial charge in [-0.3, -0.25) is 19.1 Å². The van der Waals surface area contributed by atoms with E-state index in [2.05, 4.69) is 33.0 Å². The minimum atomic E-state index is -4.27. The molecule has 1 fully saturated rings. The molecule has 1 unspecified atom stereocenters. The fourth-order valence-electron chi connectivity index (χ4n) is 3.07. The van der Waals surface area contributed by atoms with Crippen LogP contribution in [0.1, 0.15) is 45.7 Å².